The molecule has 3 heteroatoms. The molecule has 0 amide bonds. The fourth-order valence-corrected chi connectivity index (χ4v) is 0. The standard InChI is InChI=1S/C4H7F3.C4H10/c1-3(2)4(5,6)7;1-4(2)3/h3H,1-2H3;4H,1-3H3. The van der Waals surface area contributed by atoms with Crippen molar-refractivity contribution in [2.24, 2.45) is 11.8 Å². The van der Waals surface area contributed by atoms with Crippen LogP contribution in [0.4, 0.5) is 13.2 Å². The lowest BCUT2D eigenvalue weighted by Gasteiger charge is -2.07. The third kappa shape index (κ3) is 17.7. The predicted octanol–water partition coefficient (Wildman–Crippen LogP) is 3.87. The highest BCUT2D eigenvalue weighted by Crippen LogP contribution is 2.24. The van der Waals surface area contributed by atoms with Crippen LogP contribution in [-0.4, -0.2) is 6.18 Å². The SMILES string of the molecule is CC(C)C.CC(C)C(F)(F)F. The zero-order valence-corrected chi connectivity index (χ0v) is 7.79. The monoisotopic (exact) mass is 170 g/mol. The molecule has 0 rings (SSSR count). The van der Waals surface area contributed by atoms with Gasteiger partial charge in [-0.15, -0.1) is 0 Å². The Labute approximate surface area is 66.8 Å². The van der Waals surface area contributed by atoms with E-state index in [1.165, 1.54) is 0 Å². The molecule has 0 heterocycles. The van der Waals surface area contributed by atoms with Crippen molar-refractivity contribution in [1.29, 1.82) is 0 Å². The normalized spacial score (nSPS) is 11.5. The molecule has 0 aliphatic rings. The van der Waals surface area contributed by atoms with Crippen LogP contribution in [0.25, 0.3) is 0 Å². The molecule has 0 aliphatic carbocycles. The smallest absolute Gasteiger partial charge is 0.171 e. The summed E-state index contributed by atoms with van der Waals surface area (Å²) in [7, 11) is 0. The van der Waals surface area contributed by atoms with Gasteiger partial charge < -0.3 is 0 Å². The first-order valence-electron chi connectivity index (χ1n) is 3.74. The highest BCUT2D eigenvalue weighted by Gasteiger charge is 2.31. The lowest BCUT2D eigenvalue weighted by Crippen LogP contribution is -2.15. The van der Waals surface area contributed by atoms with E-state index in [0.29, 0.717) is 0 Å². The second-order valence-corrected chi connectivity index (χ2v) is 3.43. The molecule has 0 atom stereocenters. The summed E-state index contributed by atoms with van der Waals surface area (Å²) in [6.45, 7) is 8.75. The summed E-state index contributed by atoms with van der Waals surface area (Å²) in [4.78, 5) is 0. The van der Waals surface area contributed by atoms with Gasteiger partial charge in [-0.3, -0.25) is 0 Å². The van der Waals surface area contributed by atoms with E-state index in [1.54, 1.807) is 0 Å². The Morgan fingerprint density at radius 1 is 0.818 bits per heavy atom. The highest BCUT2D eigenvalue weighted by molar-refractivity contribution is 4.52. The zero-order chi connectivity index (χ0) is 9.65. The second-order valence-electron chi connectivity index (χ2n) is 3.43. The first kappa shape index (κ1) is 13.4. The first-order valence-corrected chi connectivity index (χ1v) is 3.74. The molecule has 0 fully saturated rings. The Kier molecular flexibility index (Phi) is 6.62. The maximum Gasteiger partial charge on any atom is 0.391 e. The van der Waals surface area contributed by atoms with Gasteiger partial charge in [-0.1, -0.05) is 34.6 Å². The van der Waals surface area contributed by atoms with Crippen molar-refractivity contribution in [2.75, 3.05) is 0 Å². The second kappa shape index (κ2) is 5.44. The highest BCUT2D eigenvalue weighted by atomic mass is 19.4. The van der Waals surface area contributed by atoms with E-state index in [0.717, 1.165) is 19.8 Å². The van der Waals surface area contributed by atoms with Crippen LogP contribution in [0.5, 0.6) is 0 Å². The molecule has 0 aromatic carbocycles. The minimum atomic E-state index is -4.00. The number of hydrogen-bond donors (Lipinski definition) is 0. The fraction of sp³-hybridized carbons (Fsp3) is 1.00. The number of hydrogen-bond acceptors (Lipinski definition) is 0. The lowest BCUT2D eigenvalue weighted by atomic mass is 10.2. The van der Waals surface area contributed by atoms with Gasteiger partial charge in [-0.25, -0.2) is 0 Å². The van der Waals surface area contributed by atoms with Crippen molar-refractivity contribution in [2.45, 2.75) is 40.8 Å². The van der Waals surface area contributed by atoms with Crippen LogP contribution in [-0.2, 0) is 0 Å². The quantitative estimate of drug-likeness (QED) is 0.517. The zero-order valence-electron chi connectivity index (χ0n) is 7.79. The van der Waals surface area contributed by atoms with E-state index in [-0.39, 0.29) is 0 Å². The molecule has 0 bridgehead atoms. The molecule has 0 unspecified atom stereocenters. The number of halogens is 3. The third-order valence-corrected chi connectivity index (χ3v) is 0.655. The van der Waals surface area contributed by atoms with Crippen molar-refractivity contribution in [3.8, 4) is 0 Å². The summed E-state index contributed by atoms with van der Waals surface area (Å²) in [5, 5.41) is 0. The first-order chi connectivity index (χ1) is 4.68. The van der Waals surface area contributed by atoms with Crippen molar-refractivity contribution in [3.63, 3.8) is 0 Å². The van der Waals surface area contributed by atoms with Gasteiger partial charge in [0.2, 0.25) is 0 Å². The third-order valence-electron chi connectivity index (χ3n) is 0.655. The molecular formula is C8H17F3. The van der Waals surface area contributed by atoms with Crippen molar-refractivity contribution in [1.82, 2.24) is 0 Å². The van der Waals surface area contributed by atoms with Crippen LogP contribution in [0.3, 0.4) is 0 Å². The summed E-state index contributed by atoms with van der Waals surface area (Å²) in [6.07, 6.45) is -4.00. The summed E-state index contributed by atoms with van der Waals surface area (Å²) in [5.74, 6) is -0.368. The summed E-state index contributed by atoms with van der Waals surface area (Å²) < 4.78 is 33.5. The van der Waals surface area contributed by atoms with E-state index in [1.807, 2.05) is 0 Å². The number of rotatable bonds is 0. The summed E-state index contributed by atoms with van der Waals surface area (Å²) in [5.41, 5.74) is 0. The van der Waals surface area contributed by atoms with Crippen LogP contribution < -0.4 is 0 Å². The maximum atomic E-state index is 11.2. The lowest BCUT2D eigenvalue weighted by molar-refractivity contribution is -0.164. The molecule has 0 saturated heterocycles. The Morgan fingerprint density at radius 3 is 0.909 bits per heavy atom. The fourth-order valence-electron chi connectivity index (χ4n) is 0. The molecule has 0 spiro atoms. The summed E-state index contributed by atoms with van der Waals surface area (Å²) >= 11 is 0. The Morgan fingerprint density at radius 2 is 0.909 bits per heavy atom. The van der Waals surface area contributed by atoms with Gasteiger partial charge in [-0.05, 0) is 5.92 Å². The molecular weight excluding hydrogens is 153 g/mol. The molecule has 0 aromatic rings. The van der Waals surface area contributed by atoms with E-state index >= 15 is 0 Å². The van der Waals surface area contributed by atoms with Gasteiger partial charge in [0, 0.05) is 5.92 Å². The average Bonchev–Trinajstić information content (AvgIpc) is 1.59. The molecule has 0 aliphatic heterocycles. The van der Waals surface area contributed by atoms with Crippen molar-refractivity contribution < 1.29 is 13.2 Å². The van der Waals surface area contributed by atoms with Gasteiger partial charge in [-0.2, -0.15) is 13.2 Å². The Bertz CT molecular complexity index is 79.1. The molecule has 0 nitrogen and oxygen atoms in total. The molecule has 0 aromatic heterocycles. The van der Waals surface area contributed by atoms with Gasteiger partial charge in [0.25, 0.3) is 0 Å². The van der Waals surface area contributed by atoms with Gasteiger partial charge in [0.05, 0.1) is 0 Å². The Hall–Kier alpha value is -0.210. The molecule has 11 heavy (non-hydrogen) atoms. The molecule has 0 saturated carbocycles. The number of alkyl halides is 3. The Balaban J connectivity index is 0. The van der Waals surface area contributed by atoms with Crippen LogP contribution >= 0.6 is 0 Å². The van der Waals surface area contributed by atoms with Crippen LogP contribution in [0.2, 0.25) is 0 Å². The largest absolute Gasteiger partial charge is 0.391 e. The minimum absolute atomic E-state index is 0.833. The van der Waals surface area contributed by atoms with Crippen molar-refractivity contribution in [3.05, 3.63) is 0 Å². The van der Waals surface area contributed by atoms with Crippen LogP contribution in [0.15, 0.2) is 0 Å². The van der Waals surface area contributed by atoms with Gasteiger partial charge in [0.1, 0.15) is 0 Å². The maximum absolute atomic E-state index is 11.2. The van der Waals surface area contributed by atoms with E-state index in [2.05, 4.69) is 20.8 Å². The van der Waals surface area contributed by atoms with E-state index in [4.69, 9.17) is 0 Å². The average molecular weight is 170 g/mol. The van der Waals surface area contributed by atoms with Gasteiger partial charge in [0.15, 0.2) is 0 Å². The summed E-state index contributed by atoms with van der Waals surface area (Å²) in [6, 6.07) is 0. The molecule has 0 N–H and O–H groups in total. The van der Waals surface area contributed by atoms with Crippen LogP contribution in [0, 0.1) is 11.8 Å². The van der Waals surface area contributed by atoms with Crippen molar-refractivity contribution >= 4 is 0 Å². The van der Waals surface area contributed by atoms with E-state index < -0.39 is 12.1 Å². The topological polar surface area (TPSA) is 0 Å². The minimum Gasteiger partial charge on any atom is -0.171 e. The molecule has 70 valence electrons. The van der Waals surface area contributed by atoms with E-state index in [9.17, 15) is 13.2 Å². The van der Waals surface area contributed by atoms with Crippen LogP contribution in [0.1, 0.15) is 34.6 Å². The molecule has 0 radical (unpaired) electrons. The van der Waals surface area contributed by atoms with Gasteiger partial charge >= 0.3 is 6.18 Å². The predicted molar refractivity (Wildman–Crippen MR) is 41.4 cm³/mol.